The van der Waals surface area contributed by atoms with Gasteiger partial charge in [0, 0.05) is 27.3 Å². The van der Waals surface area contributed by atoms with Crippen LogP contribution in [0.2, 0.25) is 5.02 Å². The summed E-state index contributed by atoms with van der Waals surface area (Å²) in [6.07, 6.45) is -3.46. The van der Waals surface area contributed by atoms with Crippen molar-refractivity contribution in [2.24, 2.45) is 4.36 Å². The average molecular weight is 430 g/mol. The molecule has 3 rings (SSSR count). The van der Waals surface area contributed by atoms with Crippen molar-refractivity contribution in [1.29, 1.82) is 0 Å². The monoisotopic (exact) mass is 429 g/mol. The maximum absolute atomic E-state index is 12.8. The minimum atomic E-state index is -4.75. The highest BCUT2D eigenvalue weighted by Gasteiger charge is 2.38. The Kier molecular flexibility index (Phi) is 5.26. The van der Waals surface area contributed by atoms with Crippen molar-refractivity contribution in [1.82, 2.24) is 10.1 Å². The molecule has 0 saturated carbocycles. The molecule has 6 nitrogen and oxygen atoms in total. The summed E-state index contributed by atoms with van der Waals surface area (Å²) in [6, 6.07) is 11.4. The summed E-state index contributed by atoms with van der Waals surface area (Å²) in [7, 11) is -3.09. The Morgan fingerprint density at radius 2 is 1.71 bits per heavy atom. The first-order chi connectivity index (χ1) is 13.1. The maximum atomic E-state index is 12.8. The zero-order valence-corrected chi connectivity index (χ0v) is 15.7. The van der Waals surface area contributed by atoms with Crippen LogP contribution in [-0.4, -0.2) is 26.5 Å². The summed E-state index contributed by atoms with van der Waals surface area (Å²) in [4.78, 5) is 15.7. The topological polar surface area (TPSA) is 85.4 Å². The van der Waals surface area contributed by atoms with Crippen molar-refractivity contribution in [2.45, 2.75) is 11.1 Å². The molecular formula is C17H11ClF3N3O3S. The van der Waals surface area contributed by atoms with Gasteiger partial charge in [0.05, 0.1) is 9.73 Å². The maximum Gasteiger partial charge on any atom is 0.471 e. The highest BCUT2D eigenvalue weighted by molar-refractivity contribution is 7.93. The van der Waals surface area contributed by atoms with Gasteiger partial charge in [-0.15, -0.1) is 0 Å². The molecule has 0 N–H and O–H groups in total. The predicted molar refractivity (Wildman–Crippen MR) is 95.3 cm³/mol. The number of nitrogens with zero attached hydrogens (tertiary/aromatic N) is 3. The van der Waals surface area contributed by atoms with Gasteiger partial charge in [0.2, 0.25) is 5.82 Å². The Balaban J connectivity index is 1.87. The SMILES string of the molecule is CS(=O)(=NC(=O)c1ccc(Cl)cc1)c1ccc(-c2noc(C(F)(F)F)n2)cc1. The van der Waals surface area contributed by atoms with E-state index in [1.165, 1.54) is 54.8 Å². The Bertz CT molecular complexity index is 1130. The molecule has 1 aromatic heterocycles. The van der Waals surface area contributed by atoms with Gasteiger partial charge in [-0.2, -0.15) is 22.5 Å². The molecule has 0 aliphatic rings. The first-order valence-corrected chi connectivity index (χ1v) is 9.90. The van der Waals surface area contributed by atoms with E-state index in [0.717, 1.165) is 0 Å². The van der Waals surface area contributed by atoms with Crippen LogP contribution in [0.3, 0.4) is 0 Å². The lowest BCUT2D eigenvalue weighted by atomic mass is 10.2. The standard InChI is InChI=1S/C17H11ClF3N3O3S/c1-28(26,24-15(25)11-2-6-12(18)7-3-11)13-8-4-10(5-9-13)14-22-16(27-23-14)17(19,20)21/h2-9H,1H3. The van der Waals surface area contributed by atoms with Crippen LogP contribution in [0.25, 0.3) is 11.4 Å². The Morgan fingerprint density at radius 1 is 1.11 bits per heavy atom. The minimum Gasteiger partial charge on any atom is -0.329 e. The molecule has 1 heterocycles. The fourth-order valence-electron chi connectivity index (χ4n) is 2.17. The molecule has 3 aromatic rings. The largest absolute Gasteiger partial charge is 0.471 e. The first-order valence-electron chi connectivity index (χ1n) is 7.60. The third-order valence-electron chi connectivity index (χ3n) is 3.57. The van der Waals surface area contributed by atoms with E-state index >= 15 is 0 Å². The van der Waals surface area contributed by atoms with Gasteiger partial charge in [-0.05, 0) is 48.5 Å². The number of alkyl halides is 3. The molecule has 1 atom stereocenters. The van der Waals surface area contributed by atoms with Gasteiger partial charge in [-0.3, -0.25) is 4.79 Å². The predicted octanol–water partition coefficient (Wildman–Crippen LogP) is 4.71. The van der Waals surface area contributed by atoms with Gasteiger partial charge in [0.15, 0.2) is 0 Å². The number of benzene rings is 2. The summed E-state index contributed by atoms with van der Waals surface area (Å²) < 4.78 is 58.4. The van der Waals surface area contributed by atoms with Crippen LogP contribution in [0.1, 0.15) is 16.2 Å². The van der Waals surface area contributed by atoms with E-state index < -0.39 is 27.7 Å². The van der Waals surface area contributed by atoms with Crippen LogP contribution < -0.4 is 0 Å². The van der Waals surface area contributed by atoms with Crippen molar-refractivity contribution in [3.05, 3.63) is 65.0 Å². The van der Waals surface area contributed by atoms with Crippen LogP contribution in [0.5, 0.6) is 0 Å². The van der Waals surface area contributed by atoms with Gasteiger partial charge in [-0.1, -0.05) is 16.8 Å². The number of rotatable bonds is 3. The van der Waals surface area contributed by atoms with Gasteiger partial charge in [-0.25, -0.2) is 4.21 Å². The van der Waals surface area contributed by atoms with E-state index in [1.54, 1.807) is 0 Å². The fraction of sp³-hybridized carbons (Fsp3) is 0.118. The molecule has 2 aromatic carbocycles. The number of hydrogen-bond acceptors (Lipinski definition) is 5. The van der Waals surface area contributed by atoms with Gasteiger partial charge in [0.1, 0.15) is 0 Å². The van der Waals surface area contributed by atoms with E-state index in [4.69, 9.17) is 11.6 Å². The minimum absolute atomic E-state index is 0.220. The Morgan fingerprint density at radius 3 is 2.25 bits per heavy atom. The molecule has 0 aliphatic carbocycles. The number of aromatic nitrogens is 2. The summed E-state index contributed by atoms with van der Waals surface area (Å²) in [5.41, 5.74) is 0.448. The van der Waals surface area contributed by atoms with E-state index in [2.05, 4.69) is 19.0 Å². The second-order valence-corrected chi connectivity index (χ2v) is 8.35. The molecule has 1 unspecified atom stereocenters. The summed E-state index contributed by atoms with van der Waals surface area (Å²) >= 11 is 5.76. The number of amides is 1. The van der Waals surface area contributed by atoms with Crippen molar-refractivity contribution < 1.29 is 26.7 Å². The smallest absolute Gasteiger partial charge is 0.329 e. The van der Waals surface area contributed by atoms with Crippen molar-refractivity contribution in [3.63, 3.8) is 0 Å². The number of hydrogen-bond donors (Lipinski definition) is 0. The van der Waals surface area contributed by atoms with Crippen molar-refractivity contribution in [3.8, 4) is 11.4 Å². The lowest BCUT2D eigenvalue weighted by Gasteiger charge is -2.05. The van der Waals surface area contributed by atoms with Crippen LogP contribution in [0.4, 0.5) is 13.2 Å². The molecule has 0 bridgehead atoms. The van der Waals surface area contributed by atoms with Crippen LogP contribution in [0, 0.1) is 0 Å². The molecule has 0 aliphatic heterocycles. The van der Waals surface area contributed by atoms with E-state index in [1.807, 2.05) is 0 Å². The van der Waals surface area contributed by atoms with E-state index in [9.17, 15) is 22.2 Å². The van der Waals surface area contributed by atoms with Gasteiger partial charge < -0.3 is 4.52 Å². The van der Waals surface area contributed by atoms with Crippen molar-refractivity contribution in [2.75, 3.05) is 6.26 Å². The Hall–Kier alpha value is -2.72. The van der Waals surface area contributed by atoms with E-state index in [-0.39, 0.29) is 21.8 Å². The third-order valence-corrected chi connectivity index (χ3v) is 5.48. The summed E-state index contributed by atoms with van der Waals surface area (Å²) in [5.74, 6) is -2.41. The lowest BCUT2D eigenvalue weighted by molar-refractivity contribution is -0.159. The van der Waals surface area contributed by atoms with Crippen LogP contribution >= 0.6 is 11.6 Å². The third kappa shape index (κ3) is 4.39. The molecule has 11 heteroatoms. The second kappa shape index (κ2) is 7.36. The molecule has 146 valence electrons. The fourth-order valence-corrected chi connectivity index (χ4v) is 3.46. The zero-order valence-electron chi connectivity index (χ0n) is 14.1. The normalized spacial score (nSPS) is 13.8. The summed E-state index contributed by atoms with van der Waals surface area (Å²) in [5, 5.41) is 3.72. The molecular weight excluding hydrogens is 419 g/mol. The highest BCUT2D eigenvalue weighted by atomic mass is 35.5. The average Bonchev–Trinajstić information content (AvgIpc) is 3.12. The van der Waals surface area contributed by atoms with Crippen molar-refractivity contribution >= 4 is 27.2 Å². The molecule has 0 saturated heterocycles. The number of halogens is 4. The molecule has 0 fully saturated rings. The number of carbonyl (C=O) groups excluding carboxylic acids is 1. The first kappa shape index (κ1) is 20.0. The molecule has 0 radical (unpaired) electrons. The highest BCUT2D eigenvalue weighted by Crippen LogP contribution is 2.29. The summed E-state index contributed by atoms with van der Waals surface area (Å²) in [6.45, 7) is 0. The molecule has 0 spiro atoms. The van der Waals surface area contributed by atoms with E-state index in [0.29, 0.717) is 5.02 Å². The zero-order chi connectivity index (χ0) is 20.5. The van der Waals surface area contributed by atoms with Gasteiger partial charge in [0.25, 0.3) is 5.91 Å². The second-order valence-electron chi connectivity index (χ2n) is 5.65. The quantitative estimate of drug-likeness (QED) is 0.602. The molecule has 1 amide bonds. The number of carbonyl (C=O) groups is 1. The lowest BCUT2D eigenvalue weighted by Crippen LogP contribution is -2.05. The molecule has 28 heavy (non-hydrogen) atoms. The van der Waals surface area contributed by atoms with Crippen LogP contribution in [0.15, 0.2) is 62.3 Å². The Labute approximate surface area is 162 Å². The van der Waals surface area contributed by atoms with Gasteiger partial charge >= 0.3 is 12.1 Å². The van der Waals surface area contributed by atoms with Crippen LogP contribution in [-0.2, 0) is 15.9 Å².